The van der Waals surface area contributed by atoms with Gasteiger partial charge in [-0.2, -0.15) is 0 Å². The van der Waals surface area contributed by atoms with Crippen molar-refractivity contribution in [3.63, 3.8) is 0 Å². The molecule has 3 rings (SSSR count). The Bertz CT molecular complexity index is 832. The highest BCUT2D eigenvalue weighted by molar-refractivity contribution is 14.0. The number of amides is 1. The number of carbonyl (C=O) groups is 1. The molecule has 0 radical (unpaired) electrons. The zero-order chi connectivity index (χ0) is 19.9. The van der Waals surface area contributed by atoms with Crippen LogP contribution in [0.1, 0.15) is 55.3 Å². The molecule has 3 N–H and O–H groups in total. The maximum atomic E-state index is 12.1. The Hall–Kier alpha value is -1.68. The third kappa shape index (κ3) is 6.95. The maximum Gasteiger partial charge on any atom is 0.227 e. The summed E-state index contributed by atoms with van der Waals surface area (Å²) in [5.41, 5.74) is 3.07. The van der Waals surface area contributed by atoms with E-state index in [1.54, 1.807) is 18.4 Å². The SMILES string of the molecule is CN=C(NCc1cccc(NC(=O)C2CCC2)c1)NCc1nc(C(C)C)cs1.I. The second kappa shape index (κ2) is 11.5. The van der Waals surface area contributed by atoms with Gasteiger partial charge in [-0.15, -0.1) is 35.3 Å². The molecule has 158 valence electrons. The number of benzene rings is 1. The quantitative estimate of drug-likeness (QED) is 0.282. The number of halogens is 1. The van der Waals surface area contributed by atoms with Gasteiger partial charge in [-0.3, -0.25) is 9.79 Å². The van der Waals surface area contributed by atoms with Gasteiger partial charge in [-0.1, -0.05) is 32.4 Å². The lowest BCUT2D eigenvalue weighted by atomic mass is 9.85. The molecule has 0 aliphatic heterocycles. The average Bonchev–Trinajstić information content (AvgIpc) is 3.10. The van der Waals surface area contributed by atoms with Crippen LogP contribution >= 0.6 is 35.3 Å². The smallest absolute Gasteiger partial charge is 0.227 e. The molecule has 0 spiro atoms. The lowest BCUT2D eigenvalue weighted by Gasteiger charge is -2.24. The van der Waals surface area contributed by atoms with Crippen LogP contribution < -0.4 is 16.0 Å². The zero-order valence-corrected chi connectivity index (χ0v) is 20.3. The summed E-state index contributed by atoms with van der Waals surface area (Å²) in [6, 6.07) is 7.94. The summed E-state index contributed by atoms with van der Waals surface area (Å²) in [6.07, 6.45) is 3.17. The second-order valence-corrected chi connectivity index (χ2v) is 8.36. The van der Waals surface area contributed by atoms with E-state index in [9.17, 15) is 4.79 Å². The van der Waals surface area contributed by atoms with Crippen molar-refractivity contribution < 1.29 is 4.79 Å². The van der Waals surface area contributed by atoms with E-state index in [0.29, 0.717) is 19.0 Å². The summed E-state index contributed by atoms with van der Waals surface area (Å²) in [5, 5.41) is 12.8. The summed E-state index contributed by atoms with van der Waals surface area (Å²) < 4.78 is 0. The van der Waals surface area contributed by atoms with Crippen molar-refractivity contribution in [1.29, 1.82) is 0 Å². The van der Waals surface area contributed by atoms with Crippen LogP contribution in [0.4, 0.5) is 5.69 Å². The fourth-order valence-corrected chi connectivity index (χ4v) is 3.81. The zero-order valence-electron chi connectivity index (χ0n) is 17.2. The largest absolute Gasteiger partial charge is 0.352 e. The Morgan fingerprint density at radius 3 is 2.66 bits per heavy atom. The number of rotatable bonds is 7. The van der Waals surface area contributed by atoms with E-state index in [0.717, 1.165) is 47.2 Å². The van der Waals surface area contributed by atoms with Gasteiger partial charge in [-0.25, -0.2) is 4.98 Å². The Balaban J connectivity index is 0.00000300. The molecule has 1 fully saturated rings. The highest BCUT2D eigenvalue weighted by Crippen LogP contribution is 2.27. The minimum Gasteiger partial charge on any atom is -0.352 e. The molecule has 1 heterocycles. The average molecular weight is 527 g/mol. The van der Waals surface area contributed by atoms with Gasteiger partial charge in [-0.05, 0) is 36.5 Å². The summed E-state index contributed by atoms with van der Waals surface area (Å²) in [6.45, 7) is 5.57. The van der Waals surface area contributed by atoms with Crippen molar-refractivity contribution in [3.8, 4) is 0 Å². The van der Waals surface area contributed by atoms with Crippen LogP contribution in [0.3, 0.4) is 0 Å². The van der Waals surface area contributed by atoms with Gasteiger partial charge in [0, 0.05) is 30.6 Å². The number of guanidine groups is 1. The Morgan fingerprint density at radius 1 is 1.28 bits per heavy atom. The van der Waals surface area contributed by atoms with Gasteiger partial charge in [0.25, 0.3) is 0 Å². The number of hydrogen-bond acceptors (Lipinski definition) is 4. The minimum atomic E-state index is 0. The molecule has 1 amide bonds. The van der Waals surface area contributed by atoms with Gasteiger partial charge in [0.05, 0.1) is 12.2 Å². The van der Waals surface area contributed by atoms with Crippen molar-refractivity contribution in [3.05, 3.63) is 45.9 Å². The molecule has 2 aromatic rings. The molecule has 0 atom stereocenters. The second-order valence-electron chi connectivity index (χ2n) is 7.42. The van der Waals surface area contributed by atoms with Crippen LogP contribution in [0.5, 0.6) is 0 Å². The Kier molecular flexibility index (Phi) is 9.35. The number of carbonyl (C=O) groups excluding carboxylic acids is 1. The number of nitrogens with one attached hydrogen (secondary N) is 3. The monoisotopic (exact) mass is 527 g/mol. The van der Waals surface area contributed by atoms with Gasteiger partial charge < -0.3 is 16.0 Å². The van der Waals surface area contributed by atoms with E-state index in [1.807, 2.05) is 24.3 Å². The Morgan fingerprint density at radius 2 is 2.03 bits per heavy atom. The van der Waals surface area contributed by atoms with Crippen molar-refractivity contribution >= 4 is 52.9 Å². The molecular weight excluding hydrogens is 497 g/mol. The molecule has 1 aromatic heterocycles. The number of anilines is 1. The summed E-state index contributed by atoms with van der Waals surface area (Å²) in [7, 11) is 1.76. The van der Waals surface area contributed by atoms with Crippen LogP contribution in [0.2, 0.25) is 0 Å². The number of aliphatic imine (C=N–C) groups is 1. The molecule has 1 saturated carbocycles. The number of nitrogens with zero attached hydrogens (tertiary/aromatic N) is 2. The van der Waals surface area contributed by atoms with E-state index in [4.69, 9.17) is 0 Å². The van der Waals surface area contributed by atoms with Gasteiger partial charge in [0.1, 0.15) is 5.01 Å². The number of hydrogen-bond donors (Lipinski definition) is 3. The van der Waals surface area contributed by atoms with Crippen molar-refractivity contribution in [1.82, 2.24) is 15.6 Å². The topological polar surface area (TPSA) is 78.4 Å². The molecular formula is C21H30IN5OS. The van der Waals surface area contributed by atoms with Gasteiger partial charge in [0.2, 0.25) is 5.91 Å². The first kappa shape index (κ1) is 23.6. The summed E-state index contributed by atoms with van der Waals surface area (Å²) in [4.78, 5) is 21.0. The fourth-order valence-electron chi connectivity index (χ4n) is 2.91. The van der Waals surface area contributed by atoms with Gasteiger partial charge >= 0.3 is 0 Å². The molecule has 0 bridgehead atoms. The highest BCUT2D eigenvalue weighted by atomic mass is 127. The van der Waals surface area contributed by atoms with Crippen LogP contribution in [0.15, 0.2) is 34.6 Å². The van der Waals surface area contributed by atoms with E-state index in [-0.39, 0.29) is 35.8 Å². The first-order chi connectivity index (χ1) is 13.5. The molecule has 0 saturated heterocycles. The summed E-state index contributed by atoms with van der Waals surface area (Å²) >= 11 is 1.66. The van der Waals surface area contributed by atoms with E-state index in [2.05, 4.69) is 45.2 Å². The van der Waals surface area contributed by atoms with E-state index in [1.165, 1.54) is 0 Å². The van der Waals surface area contributed by atoms with Crippen LogP contribution in [-0.4, -0.2) is 23.9 Å². The standard InChI is InChI=1S/C21H29N5OS.HI/c1-14(2)18-13-28-19(26-18)12-24-21(22-3)23-11-15-6-4-9-17(10-15)25-20(27)16-7-5-8-16;/h4,6,9-10,13-14,16H,5,7-8,11-12H2,1-3H3,(H,25,27)(H2,22,23,24);1H. The third-order valence-corrected chi connectivity index (χ3v) is 5.79. The van der Waals surface area contributed by atoms with E-state index < -0.39 is 0 Å². The molecule has 0 unspecified atom stereocenters. The molecule has 6 nitrogen and oxygen atoms in total. The minimum absolute atomic E-state index is 0. The van der Waals surface area contributed by atoms with Crippen molar-refractivity contribution in [2.75, 3.05) is 12.4 Å². The fraction of sp³-hybridized carbons (Fsp3) is 0.476. The van der Waals surface area contributed by atoms with Crippen molar-refractivity contribution in [2.45, 2.75) is 52.1 Å². The third-order valence-electron chi connectivity index (χ3n) is 4.92. The number of aromatic nitrogens is 1. The van der Waals surface area contributed by atoms with Crippen LogP contribution in [-0.2, 0) is 17.9 Å². The lowest BCUT2D eigenvalue weighted by molar-refractivity contribution is -0.122. The lowest BCUT2D eigenvalue weighted by Crippen LogP contribution is -2.36. The van der Waals surface area contributed by atoms with Crippen LogP contribution in [0.25, 0.3) is 0 Å². The van der Waals surface area contributed by atoms with Crippen LogP contribution in [0, 0.1) is 5.92 Å². The predicted molar refractivity (Wildman–Crippen MR) is 131 cm³/mol. The first-order valence-corrected chi connectivity index (χ1v) is 10.7. The van der Waals surface area contributed by atoms with E-state index >= 15 is 0 Å². The normalized spacial score (nSPS) is 14.1. The Labute approximate surface area is 194 Å². The maximum absolute atomic E-state index is 12.1. The molecule has 1 aliphatic carbocycles. The number of thiazole rings is 1. The highest BCUT2D eigenvalue weighted by Gasteiger charge is 2.25. The molecule has 29 heavy (non-hydrogen) atoms. The molecule has 1 aromatic carbocycles. The first-order valence-electron chi connectivity index (χ1n) is 9.83. The summed E-state index contributed by atoms with van der Waals surface area (Å²) in [5.74, 6) is 1.50. The predicted octanol–water partition coefficient (Wildman–Crippen LogP) is 4.49. The van der Waals surface area contributed by atoms with Gasteiger partial charge in [0.15, 0.2) is 5.96 Å². The molecule has 8 heteroatoms. The van der Waals surface area contributed by atoms with Crippen molar-refractivity contribution in [2.24, 2.45) is 10.9 Å². The molecule has 1 aliphatic rings.